The monoisotopic (exact) mass is 813 g/mol. The molecule has 0 aromatic heterocycles. The van der Waals surface area contributed by atoms with E-state index in [1.165, 1.54) is 30.4 Å². The maximum absolute atomic E-state index is 14.1. The molecule has 0 heterocycles. The fraction of sp³-hybridized carbons (Fsp3) is 0.0455. The molecule has 296 valence electrons. The summed E-state index contributed by atoms with van der Waals surface area (Å²) in [4.78, 5) is 1.79. The number of hydrogen-bond acceptors (Lipinski definition) is 1. The van der Waals surface area contributed by atoms with Crippen molar-refractivity contribution in [3.8, 4) is 0 Å². The van der Waals surface area contributed by atoms with E-state index in [4.69, 9.17) is 0 Å². The van der Waals surface area contributed by atoms with Crippen LogP contribution in [0.15, 0.2) is 109 Å². The minimum Gasteiger partial charge on any atom is -0.311 e. The van der Waals surface area contributed by atoms with Gasteiger partial charge in [0.15, 0.2) is 17.5 Å². The Kier molecular flexibility index (Phi) is 11.7. The Hall–Kier alpha value is -6.57. The van der Waals surface area contributed by atoms with E-state index in [1.807, 2.05) is 0 Å². The van der Waals surface area contributed by atoms with Crippen LogP contribution >= 0.6 is 0 Å². The van der Waals surface area contributed by atoms with Gasteiger partial charge in [0, 0.05) is 17.1 Å². The third kappa shape index (κ3) is 9.51. The first-order valence-corrected chi connectivity index (χ1v) is 16.8. The molecule has 0 spiro atoms. The molecular formula is C44H24F13N. The SMILES string of the molecule is Fc1cc(/C=C/c2ccc(N(c3ccc(/C=C/c4cc(F)c(C(F)(F)F)c(F)c4)cc3)c3ccc(/C=C/c4cc(F)c(C(F)(F)F)c(F)c4)cc3)cc2)cc(F)c1F. The lowest BCUT2D eigenvalue weighted by Gasteiger charge is -2.26. The molecule has 0 aliphatic heterocycles. The highest BCUT2D eigenvalue weighted by Gasteiger charge is 2.38. The van der Waals surface area contributed by atoms with E-state index < -0.39 is 64.2 Å². The highest BCUT2D eigenvalue weighted by atomic mass is 19.4. The summed E-state index contributed by atoms with van der Waals surface area (Å²) in [5.74, 6) is -11.3. The van der Waals surface area contributed by atoms with Gasteiger partial charge < -0.3 is 4.90 Å². The molecule has 0 radical (unpaired) electrons. The summed E-state index contributed by atoms with van der Waals surface area (Å²) in [6, 6.07) is 24.0. The largest absolute Gasteiger partial charge is 0.422 e. The summed E-state index contributed by atoms with van der Waals surface area (Å²) in [6.07, 6.45) is -2.15. The molecule has 1 nitrogen and oxygen atoms in total. The smallest absolute Gasteiger partial charge is 0.311 e. The molecule has 0 atom stereocenters. The minimum absolute atomic E-state index is 0.0764. The predicted molar refractivity (Wildman–Crippen MR) is 197 cm³/mol. The molecule has 0 bridgehead atoms. The van der Waals surface area contributed by atoms with Gasteiger partial charge in [-0.1, -0.05) is 72.9 Å². The molecule has 6 rings (SSSR count). The van der Waals surface area contributed by atoms with Crippen LogP contribution < -0.4 is 4.90 Å². The van der Waals surface area contributed by atoms with Crippen LogP contribution in [0, 0.1) is 40.7 Å². The average molecular weight is 814 g/mol. The van der Waals surface area contributed by atoms with E-state index in [-0.39, 0.29) is 16.7 Å². The van der Waals surface area contributed by atoms with Crippen molar-refractivity contribution < 1.29 is 57.1 Å². The predicted octanol–water partition coefficient (Wildman–Crippen LogP) is 14.7. The van der Waals surface area contributed by atoms with Crippen molar-refractivity contribution in [2.45, 2.75) is 12.4 Å². The number of nitrogens with zero attached hydrogens (tertiary/aromatic N) is 1. The first kappa shape index (κ1) is 41.1. The van der Waals surface area contributed by atoms with Gasteiger partial charge in [-0.05, 0) is 106 Å². The summed E-state index contributed by atoms with van der Waals surface area (Å²) in [6.45, 7) is 0. The van der Waals surface area contributed by atoms with E-state index in [0.717, 1.165) is 12.1 Å². The second-order valence-corrected chi connectivity index (χ2v) is 12.6. The van der Waals surface area contributed by atoms with E-state index in [0.29, 0.717) is 58.0 Å². The Morgan fingerprint density at radius 3 is 0.776 bits per heavy atom. The molecule has 6 aromatic rings. The van der Waals surface area contributed by atoms with Gasteiger partial charge >= 0.3 is 12.4 Å². The number of rotatable bonds is 9. The number of halogens is 13. The molecule has 0 N–H and O–H groups in total. The fourth-order valence-corrected chi connectivity index (χ4v) is 5.82. The highest BCUT2D eigenvalue weighted by molar-refractivity contribution is 5.80. The van der Waals surface area contributed by atoms with Gasteiger partial charge in [-0.3, -0.25) is 0 Å². The van der Waals surface area contributed by atoms with Crippen LogP contribution in [-0.2, 0) is 12.4 Å². The van der Waals surface area contributed by atoms with Gasteiger partial charge in [0.05, 0.1) is 0 Å². The van der Waals surface area contributed by atoms with Crippen LogP contribution in [0.5, 0.6) is 0 Å². The summed E-state index contributed by atoms with van der Waals surface area (Å²) in [7, 11) is 0. The van der Waals surface area contributed by atoms with Crippen molar-refractivity contribution in [3.63, 3.8) is 0 Å². The first-order chi connectivity index (χ1) is 27.4. The Bertz CT molecular complexity index is 2340. The van der Waals surface area contributed by atoms with Crippen LogP contribution in [0.1, 0.15) is 44.5 Å². The molecule has 0 unspecified atom stereocenters. The lowest BCUT2D eigenvalue weighted by atomic mass is 10.1. The lowest BCUT2D eigenvalue weighted by Crippen LogP contribution is -2.11. The third-order valence-corrected chi connectivity index (χ3v) is 8.56. The standard InChI is InChI=1S/C44H24F13N/c45-34-19-28(20-35(46)40(34)43(52,53)54)4-1-25-7-13-31(14-8-25)58(33-17-11-27(12-18-33)3-6-30-23-38(49)42(51)39(50)24-30)32-15-9-26(10-16-32)2-5-29-21-36(47)41(37(48)22-29)44(55,56)57/h1-24H/b4-1+,5-2+,6-3+. The molecule has 58 heavy (non-hydrogen) atoms. The summed E-state index contributed by atoms with van der Waals surface area (Å²) < 4.78 is 175. The van der Waals surface area contributed by atoms with Gasteiger partial charge in [-0.2, -0.15) is 26.3 Å². The second kappa shape index (κ2) is 16.5. The van der Waals surface area contributed by atoms with Crippen molar-refractivity contribution in [3.05, 3.63) is 194 Å². The quantitative estimate of drug-likeness (QED) is 0.0798. The van der Waals surface area contributed by atoms with E-state index >= 15 is 0 Å². The zero-order valence-corrected chi connectivity index (χ0v) is 29.2. The van der Waals surface area contributed by atoms with Crippen molar-refractivity contribution >= 4 is 53.5 Å². The van der Waals surface area contributed by atoms with Crippen molar-refractivity contribution in [1.29, 1.82) is 0 Å². The topological polar surface area (TPSA) is 3.24 Å². The average Bonchev–Trinajstić information content (AvgIpc) is 3.14. The Morgan fingerprint density at radius 1 is 0.310 bits per heavy atom. The molecule has 0 fully saturated rings. The molecule has 0 saturated carbocycles. The minimum atomic E-state index is -5.21. The maximum atomic E-state index is 14.1. The van der Waals surface area contributed by atoms with Crippen molar-refractivity contribution in [2.75, 3.05) is 4.90 Å². The molecule has 0 saturated heterocycles. The zero-order valence-electron chi connectivity index (χ0n) is 29.2. The fourth-order valence-electron chi connectivity index (χ4n) is 5.82. The molecular weight excluding hydrogens is 789 g/mol. The molecule has 0 aliphatic rings. The summed E-state index contributed by atoms with van der Waals surface area (Å²) >= 11 is 0. The first-order valence-electron chi connectivity index (χ1n) is 16.8. The molecule has 14 heteroatoms. The Morgan fingerprint density at radius 2 is 0.534 bits per heavy atom. The number of anilines is 3. The maximum Gasteiger partial charge on any atom is 0.422 e. The van der Waals surface area contributed by atoms with E-state index in [9.17, 15) is 57.1 Å². The number of hydrogen-bond donors (Lipinski definition) is 0. The van der Waals surface area contributed by atoms with Gasteiger partial charge in [0.2, 0.25) is 0 Å². The van der Waals surface area contributed by atoms with Crippen LogP contribution in [-0.4, -0.2) is 0 Å². The molecule has 6 aromatic carbocycles. The van der Waals surface area contributed by atoms with Gasteiger partial charge in [-0.15, -0.1) is 0 Å². The van der Waals surface area contributed by atoms with Gasteiger partial charge in [0.25, 0.3) is 0 Å². The van der Waals surface area contributed by atoms with Gasteiger partial charge in [0.1, 0.15) is 34.4 Å². The number of alkyl halides is 6. The van der Waals surface area contributed by atoms with Crippen LogP contribution in [0.2, 0.25) is 0 Å². The summed E-state index contributed by atoms with van der Waals surface area (Å²) in [5, 5.41) is 0. The van der Waals surface area contributed by atoms with Crippen molar-refractivity contribution in [1.82, 2.24) is 0 Å². The highest BCUT2D eigenvalue weighted by Crippen LogP contribution is 2.37. The van der Waals surface area contributed by atoms with E-state index in [1.54, 1.807) is 83.8 Å². The van der Waals surface area contributed by atoms with Crippen molar-refractivity contribution in [2.24, 2.45) is 0 Å². The normalized spacial score (nSPS) is 12.4. The van der Waals surface area contributed by atoms with E-state index in [2.05, 4.69) is 0 Å². The third-order valence-electron chi connectivity index (χ3n) is 8.56. The second-order valence-electron chi connectivity index (χ2n) is 12.6. The van der Waals surface area contributed by atoms with Crippen LogP contribution in [0.4, 0.5) is 74.1 Å². The van der Waals surface area contributed by atoms with Gasteiger partial charge in [-0.25, -0.2) is 30.7 Å². The Balaban J connectivity index is 1.29. The zero-order chi connectivity index (χ0) is 41.9. The summed E-state index contributed by atoms with van der Waals surface area (Å²) in [5.41, 5.74) is -0.863. The molecule has 0 aliphatic carbocycles. The Labute approximate surface area is 321 Å². The van der Waals surface area contributed by atoms with Crippen LogP contribution in [0.3, 0.4) is 0 Å². The number of benzene rings is 6. The molecule has 0 amide bonds. The van der Waals surface area contributed by atoms with Crippen LogP contribution in [0.25, 0.3) is 36.5 Å². The lowest BCUT2D eigenvalue weighted by molar-refractivity contribution is -0.143.